The third-order valence-corrected chi connectivity index (χ3v) is 7.46. The molecule has 0 aromatic carbocycles. The lowest BCUT2D eigenvalue weighted by Crippen LogP contribution is -2.52. The highest BCUT2D eigenvalue weighted by Crippen LogP contribution is 2.64. The fourth-order valence-electron chi connectivity index (χ4n) is 4.27. The number of carbonyl (C=O) groups excluding carboxylic acids is 1. The van der Waals surface area contributed by atoms with Gasteiger partial charge in [-0.3, -0.25) is 5.10 Å². The Balaban J connectivity index is 1.78. The highest BCUT2D eigenvalue weighted by Gasteiger charge is 2.72. The van der Waals surface area contributed by atoms with Crippen molar-refractivity contribution in [3.8, 4) is 0 Å². The summed E-state index contributed by atoms with van der Waals surface area (Å²) in [6.45, 7) is 9.26. The van der Waals surface area contributed by atoms with Gasteiger partial charge in [-0.15, -0.1) is 0 Å². The van der Waals surface area contributed by atoms with E-state index in [0.717, 1.165) is 50.4 Å². The second-order valence-corrected chi connectivity index (χ2v) is 14.2. The molecule has 2 aliphatic rings. The average Bonchev–Trinajstić information content (AvgIpc) is 2.89. The van der Waals surface area contributed by atoms with Crippen LogP contribution in [0.1, 0.15) is 31.2 Å². The molecule has 6 nitrogen and oxygen atoms in total. The number of carbonyl (C=O) groups is 1. The van der Waals surface area contributed by atoms with Crippen LogP contribution in [0.15, 0.2) is 12.4 Å². The summed E-state index contributed by atoms with van der Waals surface area (Å²) in [6, 6.07) is 0.850. The van der Waals surface area contributed by atoms with E-state index in [1.807, 2.05) is 17.3 Å². The van der Waals surface area contributed by atoms with E-state index in [4.69, 9.17) is 10.5 Å². The Labute approximate surface area is 145 Å². The summed E-state index contributed by atoms with van der Waals surface area (Å²) in [6.07, 6.45) is 7.92. The predicted molar refractivity (Wildman–Crippen MR) is 96.7 cm³/mol. The molecule has 24 heavy (non-hydrogen) atoms. The molecule has 2 atom stereocenters. The Kier molecular flexibility index (Phi) is 4.50. The maximum absolute atomic E-state index is 12.0. The third-order valence-electron chi connectivity index (χ3n) is 5.76. The van der Waals surface area contributed by atoms with Crippen molar-refractivity contribution in [1.29, 1.82) is 0 Å². The molecule has 134 valence electrons. The van der Waals surface area contributed by atoms with Crippen LogP contribution in [0.25, 0.3) is 0 Å². The van der Waals surface area contributed by atoms with Gasteiger partial charge in [0.2, 0.25) is 0 Å². The Morgan fingerprint density at radius 1 is 1.46 bits per heavy atom. The molecule has 1 spiro atoms. The zero-order chi connectivity index (χ0) is 17.4. The van der Waals surface area contributed by atoms with Crippen LogP contribution in [0.4, 0.5) is 4.79 Å². The van der Waals surface area contributed by atoms with Crippen molar-refractivity contribution in [1.82, 2.24) is 15.1 Å². The number of rotatable bonds is 6. The molecule has 3 rings (SSSR count). The molecular formula is C17H30N4O2Si. The summed E-state index contributed by atoms with van der Waals surface area (Å²) in [7, 11) is -1.11. The number of nitrogens with one attached hydrogen (secondary N) is 1. The lowest BCUT2D eigenvalue weighted by atomic mass is 9.87. The topological polar surface area (TPSA) is 84.2 Å². The first-order valence-electron chi connectivity index (χ1n) is 8.95. The largest absolute Gasteiger partial charge is 0.381 e. The number of hydrogen-bond donors (Lipinski definition) is 2. The number of primary amides is 1. The van der Waals surface area contributed by atoms with E-state index in [1.165, 1.54) is 0 Å². The predicted octanol–water partition coefficient (Wildman–Crippen LogP) is 2.71. The molecule has 1 saturated heterocycles. The van der Waals surface area contributed by atoms with Crippen molar-refractivity contribution < 1.29 is 9.53 Å². The molecule has 0 bridgehead atoms. The average molecular weight is 351 g/mol. The van der Waals surface area contributed by atoms with Crippen molar-refractivity contribution in [3.63, 3.8) is 0 Å². The van der Waals surface area contributed by atoms with Crippen LogP contribution in [-0.2, 0) is 10.2 Å². The van der Waals surface area contributed by atoms with Crippen LogP contribution in [0.2, 0.25) is 25.7 Å². The summed E-state index contributed by atoms with van der Waals surface area (Å²) < 4.78 is 6.13. The standard InChI is InChI=1S/C17H30N4O2Si/c1-24(2,3)9-8-23-13-16(14-10-19-20-11-14)12-17(16)6-4-5-7-21(17)15(18)22/h10-11H,4-9,12-13H2,1-3H3,(H2,18,22)(H,19,20). The Morgan fingerprint density at radius 3 is 2.88 bits per heavy atom. The Morgan fingerprint density at radius 2 is 2.25 bits per heavy atom. The lowest BCUT2D eigenvalue weighted by molar-refractivity contribution is 0.0810. The zero-order valence-electron chi connectivity index (χ0n) is 15.1. The van der Waals surface area contributed by atoms with Crippen molar-refractivity contribution in [2.45, 2.75) is 62.3 Å². The Hall–Kier alpha value is -1.34. The summed E-state index contributed by atoms with van der Waals surface area (Å²) in [4.78, 5) is 13.9. The molecule has 2 fully saturated rings. The van der Waals surface area contributed by atoms with E-state index >= 15 is 0 Å². The number of ether oxygens (including phenoxy) is 1. The van der Waals surface area contributed by atoms with Gasteiger partial charge < -0.3 is 15.4 Å². The van der Waals surface area contributed by atoms with Crippen LogP contribution in [0, 0.1) is 0 Å². The highest BCUT2D eigenvalue weighted by atomic mass is 28.3. The van der Waals surface area contributed by atoms with Gasteiger partial charge in [0.05, 0.1) is 18.3 Å². The van der Waals surface area contributed by atoms with Gasteiger partial charge in [-0.1, -0.05) is 19.6 Å². The fraction of sp³-hybridized carbons (Fsp3) is 0.765. The lowest BCUT2D eigenvalue weighted by Gasteiger charge is -2.39. The van der Waals surface area contributed by atoms with E-state index in [2.05, 4.69) is 29.8 Å². The van der Waals surface area contributed by atoms with Crippen molar-refractivity contribution in [3.05, 3.63) is 18.0 Å². The minimum Gasteiger partial charge on any atom is -0.381 e. The number of urea groups is 1. The summed E-state index contributed by atoms with van der Waals surface area (Å²) >= 11 is 0. The fourth-order valence-corrected chi connectivity index (χ4v) is 5.03. The maximum atomic E-state index is 12.0. The first kappa shape index (κ1) is 17.5. The molecule has 2 heterocycles. The van der Waals surface area contributed by atoms with Crippen molar-refractivity contribution in [2.75, 3.05) is 19.8 Å². The molecule has 2 unspecified atom stereocenters. The van der Waals surface area contributed by atoms with Crippen LogP contribution < -0.4 is 5.73 Å². The van der Waals surface area contributed by atoms with Gasteiger partial charge in [0.1, 0.15) is 0 Å². The first-order chi connectivity index (χ1) is 11.3. The molecule has 1 aromatic heterocycles. The number of piperidine rings is 1. The van der Waals surface area contributed by atoms with Crippen LogP contribution in [-0.4, -0.2) is 54.5 Å². The zero-order valence-corrected chi connectivity index (χ0v) is 16.1. The normalized spacial score (nSPS) is 29.9. The van der Waals surface area contributed by atoms with Gasteiger partial charge in [-0.05, 0) is 31.7 Å². The molecule has 0 radical (unpaired) electrons. The van der Waals surface area contributed by atoms with Crippen LogP contribution in [0.3, 0.4) is 0 Å². The molecular weight excluding hydrogens is 320 g/mol. The van der Waals surface area contributed by atoms with Crippen molar-refractivity contribution in [2.24, 2.45) is 5.73 Å². The highest BCUT2D eigenvalue weighted by molar-refractivity contribution is 6.76. The van der Waals surface area contributed by atoms with E-state index in [-0.39, 0.29) is 17.0 Å². The minimum absolute atomic E-state index is 0.158. The van der Waals surface area contributed by atoms with Crippen LogP contribution >= 0.6 is 0 Å². The number of aromatic nitrogens is 2. The SMILES string of the molecule is C[Si](C)(C)CCOCC1(c2cn[nH]c2)CC12CCCCN2C(N)=O. The van der Waals surface area contributed by atoms with E-state index in [9.17, 15) is 4.79 Å². The summed E-state index contributed by atoms with van der Waals surface area (Å²) in [5.41, 5.74) is 6.50. The third kappa shape index (κ3) is 2.99. The second-order valence-electron chi connectivity index (χ2n) is 8.59. The molecule has 1 aliphatic heterocycles. The van der Waals surface area contributed by atoms with Gasteiger partial charge >= 0.3 is 6.03 Å². The number of hydrogen-bond acceptors (Lipinski definition) is 3. The first-order valence-corrected chi connectivity index (χ1v) is 12.7. The molecule has 7 heteroatoms. The van der Waals surface area contributed by atoms with Gasteiger partial charge in [-0.25, -0.2) is 4.79 Å². The maximum Gasteiger partial charge on any atom is 0.315 e. The van der Waals surface area contributed by atoms with Crippen LogP contribution in [0.5, 0.6) is 0 Å². The van der Waals surface area contributed by atoms with Gasteiger partial charge in [0.25, 0.3) is 0 Å². The number of nitrogens with zero attached hydrogens (tertiary/aromatic N) is 2. The number of amides is 2. The molecule has 3 N–H and O–H groups in total. The van der Waals surface area contributed by atoms with Crippen molar-refractivity contribution >= 4 is 14.1 Å². The summed E-state index contributed by atoms with van der Waals surface area (Å²) in [5, 5.41) is 7.06. The van der Waals surface area contributed by atoms with Gasteiger partial charge in [0.15, 0.2) is 0 Å². The Bertz CT molecular complexity index is 586. The monoisotopic (exact) mass is 350 g/mol. The smallest absolute Gasteiger partial charge is 0.315 e. The number of aromatic amines is 1. The number of nitrogens with two attached hydrogens (primary N) is 1. The summed E-state index contributed by atoms with van der Waals surface area (Å²) in [5.74, 6) is 0. The number of H-pyrrole nitrogens is 1. The molecule has 2 amide bonds. The second kappa shape index (κ2) is 6.18. The van der Waals surface area contributed by atoms with Gasteiger partial charge in [-0.2, -0.15) is 5.10 Å². The molecule has 1 aliphatic carbocycles. The van der Waals surface area contributed by atoms with E-state index < -0.39 is 8.07 Å². The van der Waals surface area contributed by atoms with E-state index in [0.29, 0.717) is 6.61 Å². The molecule has 1 aromatic rings. The van der Waals surface area contributed by atoms with E-state index in [1.54, 1.807) is 0 Å². The number of likely N-dealkylation sites (tertiary alicyclic amines) is 1. The quantitative estimate of drug-likeness (QED) is 0.611. The minimum atomic E-state index is -1.11. The molecule has 1 saturated carbocycles. The van der Waals surface area contributed by atoms with Gasteiger partial charge in [0, 0.05) is 38.4 Å².